The molecule has 2 bridgehead atoms. The van der Waals surface area contributed by atoms with Crippen molar-refractivity contribution in [2.45, 2.75) is 44.7 Å². The van der Waals surface area contributed by atoms with Crippen LogP contribution >= 0.6 is 0 Å². The van der Waals surface area contributed by atoms with Crippen LogP contribution in [0.2, 0.25) is 0 Å². The zero-order valence-electron chi connectivity index (χ0n) is 21.8. The summed E-state index contributed by atoms with van der Waals surface area (Å²) < 4.78 is 14.9. The number of likely N-dealkylation sites (N-methyl/N-ethyl adjacent to an activating group) is 1. The molecule has 1 aromatic carbocycles. The number of carbonyl (C=O) groups excluding carboxylic acids is 1. The highest BCUT2D eigenvalue weighted by atomic mass is 19.1. The van der Waals surface area contributed by atoms with Gasteiger partial charge in [0.05, 0.1) is 17.7 Å². The topological polar surface area (TPSA) is 85.4 Å². The molecule has 3 N–H and O–H groups in total. The maximum Gasteiger partial charge on any atom is 0.229 e. The third kappa shape index (κ3) is 4.65. The Hall–Kier alpha value is -3.20. The molecule has 3 aliphatic carbocycles. The fraction of sp³-hybridized carbons (Fsp3) is 0.536. The Morgan fingerprint density at radius 3 is 2.68 bits per heavy atom. The van der Waals surface area contributed by atoms with Gasteiger partial charge in [-0.05, 0) is 69.8 Å². The van der Waals surface area contributed by atoms with Crippen LogP contribution in [-0.4, -0.2) is 65.6 Å². The van der Waals surface area contributed by atoms with Crippen molar-refractivity contribution < 1.29 is 9.18 Å². The SMILES string of the molecule is Cc1cc(Nc2ncc(F)c(N[C@]3(C)[C@@H]4C=C[C@@H](C4)[C@H]3C(=O)NC3CC3)n2)ccc1N1CCN(C)CC1. The first-order valence-corrected chi connectivity index (χ1v) is 13.4. The first-order valence-electron chi connectivity index (χ1n) is 13.4. The number of rotatable bonds is 7. The molecule has 196 valence electrons. The third-order valence-electron chi connectivity index (χ3n) is 8.60. The second kappa shape index (κ2) is 9.28. The number of nitrogens with one attached hydrogen (secondary N) is 3. The van der Waals surface area contributed by atoms with Crippen molar-refractivity contribution in [3.05, 3.63) is 47.9 Å². The Kier molecular flexibility index (Phi) is 6.06. The predicted molar refractivity (Wildman–Crippen MR) is 144 cm³/mol. The molecule has 2 saturated carbocycles. The van der Waals surface area contributed by atoms with Gasteiger partial charge < -0.3 is 25.8 Å². The minimum absolute atomic E-state index is 0.0538. The summed E-state index contributed by atoms with van der Waals surface area (Å²) in [6.07, 6.45) is 8.46. The highest BCUT2D eigenvalue weighted by Crippen LogP contribution is 2.52. The maximum atomic E-state index is 14.9. The van der Waals surface area contributed by atoms with Gasteiger partial charge in [-0.1, -0.05) is 12.2 Å². The van der Waals surface area contributed by atoms with E-state index in [9.17, 15) is 9.18 Å². The van der Waals surface area contributed by atoms with Crippen LogP contribution in [0.25, 0.3) is 0 Å². The highest BCUT2D eigenvalue weighted by molar-refractivity contribution is 5.83. The van der Waals surface area contributed by atoms with Crippen molar-refractivity contribution in [3.8, 4) is 0 Å². The van der Waals surface area contributed by atoms with E-state index in [-0.39, 0.29) is 35.5 Å². The van der Waals surface area contributed by atoms with E-state index in [2.05, 4.69) is 74.0 Å². The summed E-state index contributed by atoms with van der Waals surface area (Å²) in [6, 6.07) is 6.50. The summed E-state index contributed by atoms with van der Waals surface area (Å²) in [7, 11) is 2.15. The van der Waals surface area contributed by atoms with Gasteiger partial charge in [-0.15, -0.1) is 0 Å². The van der Waals surface area contributed by atoms with Crippen LogP contribution in [0, 0.1) is 30.5 Å². The average Bonchev–Trinajstić information content (AvgIpc) is 3.46. The van der Waals surface area contributed by atoms with Crippen LogP contribution in [0.5, 0.6) is 0 Å². The number of nitrogens with zero attached hydrogens (tertiary/aromatic N) is 4. The summed E-state index contributed by atoms with van der Waals surface area (Å²) in [5, 5.41) is 9.74. The van der Waals surface area contributed by atoms with Crippen LogP contribution in [0.3, 0.4) is 0 Å². The van der Waals surface area contributed by atoms with E-state index in [1.165, 1.54) is 17.4 Å². The molecule has 4 aliphatic rings. The smallest absolute Gasteiger partial charge is 0.229 e. The molecule has 37 heavy (non-hydrogen) atoms. The van der Waals surface area contributed by atoms with E-state index in [1.54, 1.807) is 0 Å². The van der Waals surface area contributed by atoms with Crippen molar-refractivity contribution in [1.29, 1.82) is 0 Å². The van der Waals surface area contributed by atoms with Gasteiger partial charge >= 0.3 is 0 Å². The molecule has 2 aromatic rings. The van der Waals surface area contributed by atoms with E-state index in [4.69, 9.17) is 0 Å². The predicted octanol–water partition coefficient (Wildman–Crippen LogP) is 3.69. The van der Waals surface area contributed by atoms with Crippen molar-refractivity contribution in [2.75, 3.05) is 48.8 Å². The number of allylic oxidation sites excluding steroid dienone is 1. The number of carbonyl (C=O) groups is 1. The number of aryl methyl sites for hydroxylation is 1. The van der Waals surface area contributed by atoms with Crippen molar-refractivity contribution >= 4 is 29.0 Å². The van der Waals surface area contributed by atoms with Gasteiger partial charge in [0.1, 0.15) is 0 Å². The third-order valence-corrected chi connectivity index (χ3v) is 8.60. The number of aromatic nitrogens is 2. The molecule has 8 nitrogen and oxygen atoms in total. The van der Waals surface area contributed by atoms with Crippen LogP contribution < -0.4 is 20.9 Å². The Labute approximate surface area is 217 Å². The lowest BCUT2D eigenvalue weighted by atomic mass is 9.76. The Balaban J connectivity index is 1.19. The molecule has 9 heteroatoms. The minimum Gasteiger partial charge on any atom is -0.369 e. The Bertz CT molecular complexity index is 1220. The fourth-order valence-electron chi connectivity index (χ4n) is 6.28. The van der Waals surface area contributed by atoms with Gasteiger partial charge in [-0.25, -0.2) is 9.37 Å². The van der Waals surface area contributed by atoms with Gasteiger partial charge in [-0.3, -0.25) is 4.79 Å². The van der Waals surface area contributed by atoms with Crippen molar-refractivity contribution in [2.24, 2.45) is 17.8 Å². The quantitative estimate of drug-likeness (QED) is 0.495. The van der Waals surface area contributed by atoms with E-state index >= 15 is 0 Å². The van der Waals surface area contributed by atoms with Gasteiger partial charge in [0, 0.05) is 49.5 Å². The largest absolute Gasteiger partial charge is 0.369 e. The molecule has 3 fully saturated rings. The molecule has 1 aliphatic heterocycles. The normalized spacial score (nSPS) is 29.0. The van der Waals surface area contributed by atoms with Crippen LogP contribution in [0.4, 0.5) is 27.5 Å². The molecule has 1 aromatic heterocycles. The molecular formula is C28H36FN7O. The second-order valence-electron chi connectivity index (χ2n) is 11.4. The minimum atomic E-state index is -0.619. The molecular weight excluding hydrogens is 469 g/mol. The molecule has 6 rings (SSSR count). The lowest BCUT2D eigenvalue weighted by Crippen LogP contribution is -2.53. The van der Waals surface area contributed by atoms with E-state index in [1.807, 2.05) is 13.0 Å². The van der Waals surface area contributed by atoms with E-state index < -0.39 is 11.4 Å². The van der Waals surface area contributed by atoms with Gasteiger partial charge in [0.25, 0.3) is 0 Å². The number of fused-ring (bicyclic) bond motifs is 2. The van der Waals surface area contributed by atoms with E-state index in [0.29, 0.717) is 5.95 Å². The van der Waals surface area contributed by atoms with E-state index in [0.717, 1.165) is 51.1 Å². The first-order chi connectivity index (χ1) is 17.8. The summed E-state index contributed by atoms with van der Waals surface area (Å²) in [4.78, 5) is 26.6. The van der Waals surface area contributed by atoms with Gasteiger partial charge in [0.15, 0.2) is 11.6 Å². The number of anilines is 4. The molecule has 0 unspecified atom stereocenters. The number of benzene rings is 1. The lowest BCUT2D eigenvalue weighted by molar-refractivity contribution is -0.127. The first kappa shape index (κ1) is 24.2. The summed E-state index contributed by atoms with van der Waals surface area (Å²) in [5.41, 5.74) is 2.63. The Morgan fingerprint density at radius 2 is 1.95 bits per heavy atom. The summed E-state index contributed by atoms with van der Waals surface area (Å²) in [6.45, 7) is 8.25. The fourth-order valence-corrected chi connectivity index (χ4v) is 6.28. The second-order valence-corrected chi connectivity index (χ2v) is 11.4. The monoisotopic (exact) mass is 505 g/mol. The molecule has 0 radical (unpaired) electrons. The molecule has 0 spiro atoms. The lowest BCUT2D eigenvalue weighted by Gasteiger charge is -2.39. The van der Waals surface area contributed by atoms with Crippen LogP contribution in [0.15, 0.2) is 36.5 Å². The van der Waals surface area contributed by atoms with Crippen molar-refractivity contribution in [1.82, 2.24) is 20.2 Å². The number of piperazine rings is 1. The molecule has 1 saturated heterocycles. The zero-order valence-corrected chi connectivity index (χ0v) is 21.8. The average molecular weight is 506 g/mol. The zero-order chi connectivity index (χ0) is 25.7. The maximum absolute atomic E-state index is 14.9. The number of halogens is 1. The molecule has 1 amide bonds. The summed E-state index contributed by atoms with van der Waals surface area (Å²) in [5.74, 6) is -0.000364. The van der Waals surface area contributed by atoms with Gasteiger partial charge in [0.2, 0.25) is 11.9 Å². The van der Waals surface area contributed by atoms with Crippen LogP contribution in [0.1, 0.15) is 31.7 Å². The summed E-state index contributed by atoms with van der Waals surface area (Å²) >= 11 is 0. The molecule has 2 heterocycles. The Morgan fingerprint density at radius 1 is 1.16 bits per heavy atom. The number of hydrogen-bond donors (Lipinski definition) is 3. The van der Waals surface area contributed by atoms with Crippen molar-refractivity contribution in [3.63, 3.8) is 0 Å². The van der Waals surface area contributed by atoms with Gasteiger partial charge in [-0.2, -0.15) is 4.98 Å². The van der Waals surface area contributed by atoms with Crippen LogP contribution in [-0.2, 0) is 4.79 Å². The standard InChI is InChI=1S/C28H36FN7O/c1-17-14-21(8-9-23(17)36-12-10-35(3)11-13-36)32-27-30-16-22(29)25(33-27)34-28(2)19-5-4-18(15-19)24(28)26(37)31-20-6-7-20/h4-5,8-9,14,16,18-20,24H,6-7,10-13,15H2,1-3H3,(H,31,37)(H2,30,32,33,34)/t18-,19+,24-,28+/m0/s1. The highest BCUT2D eigenvalue weighted by Gasteiger charge is 2.57. The number of hydrogen-bond acceptors (Lipinski definition) is 7. The number of amides is 1. The molecule has 4 atom stereocenters.